The quantitative estimate of drug-likeness (QED) is 0.437. The van der Waals surface area contributed by atoms with Gasteiger partial charge in [-0.05, 0) is 12.1 Å². The molecule has 0 spiro atoms. The van der Waals surface area contributed by atoms with Crippen molar-refractivity contribution in [3.05, 3.63) is 30.3 Å². The fourth-order valence-electron chi connectivity index (χ4n) is 0.589. The number of nitrogens with zero attached hydrogens (tertiary/aromatic N) is 1. The summed E-state index contributed by atoms with van der Waals surface area (Å²) in [7, 11) is 0. The highest BCUT2D eigenvalue weighted by atomic mass is 15.6. The van der Waals surface area contributed by atoms with Crippen molar-refractivity contribution in [2.24, 2.45) is 5.84 Å². The predicted octanol–water partition coefficient (Wildman–Crippen LogP) is 0.565. The highest BCUT2D eigenvalue weighted by Crippen LogP contribution is 2.05. The third-order valence-electron chi connectivity index (χ3n) is 1.03. The van der Waals surface area contributed by atoms with E-state index < -0.39 is 0 Å². The van der Waals surface area contributed by atoms with Gasteiger partial charge in [0.15, 0.2) is 0 Å². The lowest BCUT2D eigenvalue weighted by Crippen LogP contribution is -2.27. The molecule has 1 aromatic rings. The molecule has 0 saturated heterocycles. The van der Waals surface area contributed by atoms with Gasteiger partial charge in [0.2, 0.25) is 0 Å². The molecule has 0 aliphatic carbocycles. The molecule has 0 aliphatic heterocycles. The van der Waals surface area contributed by atoms with Gasteiger partial charge in [0.1, 0.15) is 0 Å². The molecular weight excluding hydrogens is 114 g/mol. The molecule has 0 atom stereocenters. The maximum Gasteiger partial charge on any atom is 0.0714 e. The number of hydrogen-bond acceptors (Lipinski definition) is 2. The summed E-state index contributed by atoms with van der Waals surface area (Å²) in [6.45, 7) is 0. The molecule has 0 bridgehead atoms. The van der Waals surface area contributed by atoms with E-state index in [4.69, 9.17) is 11.7 Å². The standard InChI is InChI=1S/C6H8N3/c7-9(8)6-4-2-1-3-5-6/h1-5,7H,8H2. The molecule has 0 fully saturated rings. The lowest BCUT2D eigenvalue weighted by atomic mass is 10.3. The number of para-hydroxylation sites is 1. The zero-order valence-electron chi connectivity index (χ0n) is 4.91. The van der Waals surface area contributed by atoms with E-state index in [-0.39, 0.29) is 0 Å². The minimum Gasteiger partial charge on any atom is -0.231 e. The largest absolute Gasteiger partial charge is 0.231 e. The van der Waals surface area contributed by atoms with E-state index in [2.05, 4.69) is 0 Å². The zero-order valence-corrected chi connectivity index (χ0v) is 4.91. The second-order valence-corrected chi connectivity index (χ2v) is 1.71. The van der Waals surface area contributed by atoms with Crippen LogP contribution in [-0.4, -0.2) is 0 Å². The Hall–Kier alpha value is -1.06. The smallest absolute Gasteiger partial charge is 0.0714 e. The van der Waals surface area contributed by atoms with E-state index in [0.29, 0.717) is 5.69 Å². The summed E-state index contributed by atoms with van der Waals surface area (Å²) in [5.41, 5.74) is 0.692. The van der Waals surface area contributed by atoms with Gasteiger partial charge in [-0.2, -0.15) is 0 Å². The molecule has 1 rings (SSSR count). The molecule has 0 saturated carbocycles. The number of nitrogens with two attached hydrogens (primary N) is 1. The molecule has 1 radical (unpaired) electrons. The Labute approximate surface area is 53.8 Å². The first-order valence-electron chi connectivity index (χ1n) is 2.62. The van der Waals surface area contributed by atoms with Gasteiger partial charge in [0.25, 0.3) is 0 Å². The third kappa shape index (κ3) is 1.42. The van der Waals surface area contributed by atoms with Gasteiger partial charge in [-0.25, -0.2) is 11.0 Å². The zero-order chi connectivity index (χ0) is 6.69. The number of hydrazine groups is 1. The maximum atomic E-state index is 6.93. The van der Waals surface area contributed by atoms with E-state index in [9.17, 15) is 0 Å². The van der Waals surface area contributed by atoms with Gasteiger partial charge in [-0.3, -0.25) is 0 Å². The molecule has 1 aromatic carbocycles. The Kier molecular flexibility index (Phi) is 1.67. The van der Waals surface area contributed by atoms with Crippen LogP contribution in [0.15, 0.2) is 30.3 Å². The summed E-state index contributed by atoms with van der Waals surface area (Å²) in [6, 6.07) is 9.10. The second kappa shape index (κ2) is 2.48. The van der Waals surface area contributed by atoms with Crippen molar-refractivity contribution in [3.8, 4) is 0 Å². The average molecular weight is 122 g/mol. The molecule has 3 heteroatoms. The molecule has 3 N–H and O–H groups in total. The molecule has 0 unspecified atom stereocenters. The fourth-order valence-corrected chi connectivity index (χ4v) is 0.589. The van der Waals surface area contributed by atoms with E-state index >= 15 is 0 Å². The molecule has 0 aromatic heterocycles. The highest BCUT2D eigenvalue weighted by Gasteiger charge is 1.89. The van der Waals surface area contributed by atoms with Crippen molar-refractivity contribution in [1.82, 2.24) is 5.84 Å². The molecule has 0 amide bonds. The van der Waals surface area contributed by atoms with Crippen LogP contribution in [-0.2, 0) is 0 Å². The summed E-state index contributed by atoms with van der Waals surface area (Å²) in [4.78, 5) is 0. The summed E-state index contributed by atoms with van der Waals surface area (Å²) < 4.78 is 0. The van der Waals surface area contributed by atoms with Crippen LogP contribution >= 0.6 is 0 Å². The first-order chi connectivity index (χ1) is 4.30. The predicted molar refractivity (Wildman–Crippen MR) is 36.2 cm³/mol. The van der Waals surface area contributed by atoms with Crippen LogP contribution in [0.5, 0.6) is 0 Å². The maximum absolute atomic E-state index is 6.93. The van der Waals surface area contributed by atoms with Gasteiger partial charge in [0, 0.05) is 0 Å². The van der Waals surface area contributed by atoms with Crippen molar-refractivity contribution in [3.63, 3.8) is 0 Å². The van der Waals surface area contributed by atoms with Crippen molar-refractivity contribution >= 4 is 5.69 Å². The van der Waals surface area contributed by atoms with Crippen LogP contribution in [0.25, 0.3) is 0 Å². The van der Waals surface area contributed by atoms with Crippen LogP contribution in [0.4, 0.5) is 5.69 Å². The lowest BCUT2D eigenvalue weighted by Gasteiger charge is -2.07. The van der Waals surface area contributed by atoms with E-state index in [1.807, 2.05) is 18.2 Å². The molecule has 47 valence electrons. The van der Waals surface area contributed by atoms with Crippen LogP contribution < -0.4 is 16.8 Å². The third-order valence-corrected chi connectivity index (χ3v) is 1.03. The number of nitrogens with one attached hydrogen (secondary N) is 1. The number of rotatable bonds is 1. The Morgan fingerprint density at radius 1 is 1.22 bits per heavy atom. The molecule has 3 nitrogen and oxygen atoms in total. The Morgan fingerprint density at radius 3 is 2.11 bits per heavy atom. The molecule has 9 heavy (non-hydrogen) atoms. The van der Waals surface area contributed by atoms with Gasteiger partial charge in [-0.15, -0.1) is 5.84 Å². The second-order valence-electron chi connectivity index (χ2n) is 1.71. The SMILES string of the molecule is [NH]N(N)c1ccccc1. The minimum absolute atomic E-state index is 0.692. The number of hydrogen-bond donors (Lipinski definition) is 1. The van der Waals surface area contributed by atoms with Gasteiger partial charge < -0.3 is 0 Å². The topological polar surface area (TPSA) is 53.1 Å². The molecule has 0 heterocycles. The van der Waals surface area contributed by atoms with Gasteiger partial charge in [-0.1, -0.05) is 18.2 Å². The molecule has 0 aliphatic rings. The highest BCUT2D eigenvalue weighted by molar-refractivity contribution is 5.42. The van der Waals surface area contributed by atoms with Crippen LogP contribution in [0, 0.1) is 0 Å². The first-order valence-corrected chi connectivity index (χ1v) is 2.62. The van der Waals surface area contributed by atoms with E-state index in [0.717, 1.165) is 5.12 Å². The minimum atomic E-state index is 0.692. The Balaban J connectivity index is 2.85. The normalized spacial score (nSPS) is 9.11. The van der Waals surface area contributed by atoms with Crippen molar-refractivity contribution in [2.75, 3.05) is 5.12 Å². The number of anilines is 1. The van der Waals surface area contributed by atoms with E-state index in [1.54, 1.807) is 12.1 Å². The summed E-state index contributed by atoms with van der Waals surface area (Å²) in [6.07, 6.45) is 0. The van der Waals surface area contributed by atoms with Crippen molar-refractivity contribution < 1.29 is 0 Å². The fraction of sp³-hybridized carbons (Fsp3) is 0. The van der Waals surface area contributed by atoms with E-state index in [1.165, 1.54) is 0 Å². The van der Waals surface area contributed by atoms with Crippen molar-refractivity contribution in [1.29, 1.82) is 0 Å². The van der Waals surface area contributed by atoms with Gasteiger partial charge in [0.05, 0.1) is 5.69 Å². The van der Waals surface area contributed by atoms with Crippen LogP contribution in [0.3, 0.4) is 0 Å². The van der Waals surface area contributed by atoms with Gasteiger partial charge >= 0.3 is 0 Å². The lowest BCUT2D eigenvalue weighted by molar-refractivity contribution is 0.892. The summed E-state index contributed by atoms with van der Waals surface area (Å²) in [5.74, 6) is 12.0. The summed E-state index contributed by atoms with van der Waals surface area (Å²) >= 11 is 0. The molecular formula is C6H8N3. The van der Waals surface area contributed by atoms with Crippen LogP contribution in [0.1, 0.15) is 0 Å². The Morgan fingerprint density at radius 2 is 1.78 bits per heavy atom. The average Bonchev–Trinajstić information content (AvgIpc) is 1.90. The first kappa shape index (κ1) is 6.07. The monoisotopic (exact) mass is 122 g/mol. The van der Waals surface area contributed by atoms with Crippen LogP contribution in [0.2, 0.25) is 0 Å². The Bertz CT molecular complexity index is 171. The number of benzene rings is 1. The summed E-state index contributed by atoms with van der Waals surface area (Å²) in [5, 5.41) is 0.833. The van der Waals surface area contributed by atoms with Crippen molar-refractivity contribution in [2.45, 2.75) is 0 Å².